The molecular weight excluding hydrogens is 214 g/mol. The van der Waals surface area contributed by atoms with E-state index < -0.39 is 0 Å². The Labute approximate surface area is 103 Å². The first-order valence-corrected chi connectivity index (χ1v) is 6.74. The molecule has 0 saturated heterocycles. The molecule has 0 bridgehead atoms. The Morgan fingerprint density at radius 2 is 2.12 bits per heavy atom. The SMILES string of the molecule is CC(C)C1CCC(NCCc2ncno2)CC1. The van der Waals surface area contributed by atoms with Gasteiger partial charge in [0.05, 0.1) is 0 Å². The van der Waals surface area contributed by atoms with Gasteiger partial charge in [-0.05, 0) is 37.5 Å². The van der Waals surface area contributed by atoms with Gasteiger partial charge in [0.15, 0.2) is 6.33 Å². The van der Waals surface area contributed by atoms with Crippen LogP contribution in [0.25, 0.3) is 0 Å². The van der Waals surface area contributed by atoms with Crippen molar-refractivity contribution in [3.63, 3.8) is 0 Å². The molecule has 1 aliphatic rings. The second kappa shape index (κ2) is 6.15. The summed E-state index contributed by atoms with van der Waals surface area (Å²) < 4.78 is 4.97. The number of nitrogens with one attached hydrogen (secondary N) is 1. The molecule has 0 aliphatic heterocycles. The van der Waals surface area contributed by atoms with Gasteiger partial charge in [-0.1, -0.05) is 19.0 Å². The van der Waals surface area contributed by atoms with E-state index in [1.807, 2.05) is 0 Å². The first kappa shape index (κ1) is 12.6. The lowest BCUT2D eigenvalue weighted by atomic mass is 9.80. The number of hydrogen-bond donors (Lipinski definition) is 1. The van der Waals surface area contributed by atoms with Crippen molar-refractivity contribution >= 4 is 0 Å². The maximum atomic E-state index is 4.97. The summed E-state index contributed by atoms with van der Waals surface area (Å²) in [6.45, 7) is 5.63. The van der Waals surface area contributed by atoms with E-state index >= 15 is 0 Å². The summed E-state index contributed by atoms with van der Waals surface area (Å²) in [5.41, 5.74) is 0. The van der Waals surface area contributed by atoms with Crippen LogP contribution in [-0.2, 0) is 6.42 Å². The van der Waals surface area contributed by atoms with Gasteiger partial charge in [-0.15, -0.1) is 0 Å². The van der Waals surface area contributed by atoms with E-state index in [4.69, 9.17) is 4.52 Å². The van der Waals surface area contributed by atoms with Gasteiger partial charge in [-0.25, -0.2) is 0 Å². The summed E-state index contributed by atoms with van der Waals surface area (Å²) in [6.07, 6.45) is 7.67. The molecule has 1 aromatic heterocycles. The number of rotatable bonds is 5. The molecule has 1 fully saturated rings. The van der Waals surface area contributed by atoms with Crippen molar-refractivity contribution in [2.45, 2.75) is 52.0 Å². The van der Waals surface area contributed by atoms with Crippen molar-refractivity contribution in [3.8, 4) is 0 Å². The van der Waals surface area contributed by atoms with Crippen molar-refractivity contribution in [1.29, 1.82) is 0 Å². The van der Waals surface area contributed by atoms with Crippen molar-refractivity contribution in [2.24, 2.45) is 11.8 Å². The molecule has 0 radical (unpaired) electrons. The summed E-state index contributed by atoms with van der Waals surface area (Å²) in [7, 11) is 0. The Morgan fingerprint density at radius 1 is 1.35 bits per heavy atom. The number of hydrogen-bond acceptors (Lipinski definition) is 4. The molecule has 4 nitrogen and oxygen atoms in total. The van der Waals surface area contributed by atoms with Gasteiger partial charge in [0.25, 0.3) is 0 Å². The van der Waals surface area contributed by atoms with Crippen LogP contribution in [0.2, 0.25) is 0 Å². The average molecular weight is 237 g/mol. The second-order valence-corrected chi connectivity index (χ2v) is 5.39. The summed E-state index contributed by atoms with van der Waals surface area (Å²) >= 11 is 0. The molecule has 0 aromatic carbocycles. The minimum Gasteiger partial charge on any atom is -0.340 e. The minimum absolute atomic E-state index is 0.688. The number of aromatic nitrogens is 2. The van der Waals surface area contributed by atoms with Crippen LogP contribution < -0.4 is 5.32 Å². The number of nitrogens with zero attached hydrogens (tertiary/aromatic N) is 2. The zero-order chi connectivity index (χ0) is 12.1. The van der Waals surface area contributed by atoms with Crippen molar-refractivity contribution in [2.75, 3.05) is 6.54 Å². The maximum absolute atomic E-state index is 4.97. The highest BCUT2D eigenvalue weighted by Crippen LogP contribution is 2.29. The van der Waals surface area contributed by atoms with Crippen LogP contribution in [-0.4, -0.2) is 22.7 Å². The Balaban J connectivity index is 1.62. The maximum Gasteiger partial charge on any atom is 0.227 e. The Kier molecular flexibility index (Phi) is 4.54. The molecule has 4 heteroatoms. The molecule has 1 saturated carbocycles. The molecule has 0 amide bonds. The highest BCUT2D eigenvalue weighted by molar-refractivity contribution is 4.81. The first-order valence-electron chi connectivity index (χ1n) is 6.74. The molecular formula is C13H23N3O. The van der Waals surface area contributed by atoms with E-state index in [1.54, 1.807) is 0 Å². The van der Waals surface area contributed by atoms with Crippen molar-refractivity contribution in [3.05, 3.63) is 12.2 Å². The molecule has 2 rings (SSSR count). The molecule has 96 valence electrons. The quantitative estimate of drug-likeness (QED) is 0.854. The van der Waals surface area contributed by atoms with Crippen molar-refractivity contribution in [1.82, 2.24) is 15.5 Å². The van der Waals surface area contributed by atoms with E-state index in [2.05, 4.69) is 29.3 Å². The third-order valence-corrected chi connectivity index (χ3v) is 3.89. The van der Waals surface area contributed by atoms with E-state index in [-0.39, 0.29) is 0 Å². The first-order chi connectivity index (χ1) is 8.25. The molecule has 0 unspecified atom stereocenters. The fourth-order valence-corrected chi connectivity index (χ4v) is 2.68. The van der Waals surface area contributed by atoms with Gasteiger partial charge in [-0.2, -0.15) is 4.98 Å². The van der Waals surface area contributed by atoms with Crippen LogP contribution in [0.5, 0.6) is 0 Å². The Bertz CT molecular complexity index is 302. The Morgan fingerprint density at radius 3 is 2.71 bits per heavy atom. The van der Waals surface area contributed by atoms with Crippen LogP contribution in [0.1, 0.15) is 45.4 Å². The smallest absolute Gasteiger partial charge is 0.227 e. The fraction of sp³-hybridized carbons (Fsp3) is 0.846. The third-order valence-electron chi connectivity index (χ3n) is 3.89. The lowest BCUT2D eigenvalue weighted by molar-refractivity contribution is 0.238. The van der Waals surface area contributed by atoms with Crippen LogP contribution in [0, 0.1) is 11.8 Å². The molecule has 1 aromatic rings. The van der Waals surface area contributed by atoms with Crippen LogP contribution >= 0.6 is 0 Å². The molecule has 1 heterocycles. The van der Waals surface area contributed by atoms with E-state index in [0.29, 0.717) is 6.04 Å². The Hall–Kier alpha value is -0.900. The van der Waals surface area contributed by atoms with Crippen LogP contribution in [0.3, 0.4) is 0 Å². The lowest BCUT2D eigenvalue weighted by Crippen LogP contribution is -2.35. The highest BCUT2D eigenvalue weighted by atomic mass is 16.5. The zero-order valence-electron chi connectivity index (χ0n) is 10.9. The standard InChI is InChI=1S/C13H23N3O/c1-10(2)11-3-5-12(6-4-11)14-8-7-13-15-9-16-17-13/h9-12,14H,3-8H2,1-2H3. The monoisotopic (exact) mass is 237 g/mol. The predicted octanol–water partition coefficient (Wildman–Crippen LogP) is 2.42. The molecule has 17 heavy (non-hydrogen) atoms. The lowest BCUT2D eigenvalue weighted by Gasteiger charge is -2.31. The highest BCUT2D eigenvalue weighted by Gasteiger charge is 2.22. The van der Waals surface area contributed by atoms with E-state index in [1.165, 1.54) is 32.0 Å². The topological polar surface area (TPSA) is 51.0 Å². The van der Waals surface area contributed by atoms with E-state index in [0.717, 1.165) is 30.7 Å². The fourth-order valence-electron chi connectivity index (χ4n) is 2.68. The third kappa shape index (κ3) is 3.80. The van der Waals surface area contributed by atoms with Gasteiger partial charge in [-0.3, -0.25) is 0 Å². The summed E-state index contributed by atoms with van der Waals surface area (Å²) in [5.74, 6) is 2.51. The largest absolute Gasteiger partial charge is 0.340 e. The molecule has 1 N–H and O–H groups in total. The molecule has 0 spiro atoms. The average Bonchev–Trinajstić information content (AvgIpc) is 2.83. The van der Waals surface area contributed by atoms with Crippen molar-refractivity contribution < 1.29 is 4.52 Å². The van der Waals surface area contributed by atoms with Gasteiger partial charge < -0.3 is 9.84 Å². The van der Waals surface area contributed by atoms with Gasteiger partial charge in [0.2, 0.25) is 5.89 Å². The van der Waals surface area contributed by atoms with Gasteiger partial charge in [0.1, 0.15) is 0 Å². The summed E-state index contributed by atoms with van der Waals surface area (Å²) in [6, 6.07) is 0.688. The second-order valence-electron chi connectivity index (χ2n) is 5.39. The summed E-state index contributed by atoms with van der Waals surface area (Å²) in [4.78, 5) is 4.02. The van der Waals surface area contributed by atoms with Gasteiger partial charge >= 0.3 is 0 Å². The van der Waals surface area contributed by atoms with Crippen LogP contribution in [0.15, 0.2) is 10.9 Å². The van der Waals surface area contributed by atoms with E-state index in [9.17, 15) is 0 Å². The summed E-state index contributed by atoms with van der Waals surface area (Å²) in [5, 5.41) is 7.19. The minimum atomic E-state index is 0.688. The predicted molar refractivity (Wildman–Crippen MR) is 66.6 cm³/mol. The molecule has 1 aliphatic carbocycles. The zero-order valence-corrected chi connectivity index (χ0v) is 10.9. The normalized spacial score (nSPS) is 25.4. The molecule has 0 atom stereocenters. The van der Waals surface area contributed by atoms with Gasteiger partial charge in [0, 0.05) is 19.0 Å². The van der Waals surface area contributed by atoms with Crippen LogP contribution in [0.4, 0.5) is 0 Å².